The van der Waals surface area contributed by atoms with Gasteiger partial charge in [0, 0.05) is 11.5 Å². The van der Waals surface area contributed by atoms with Gasteiger partial charge in [0.1, 0.15) is 0 Å². The molecule has 1 heteroatoms. The van der Waals surface area contributed by atoms with Crippen LogP contribution in [0, 0.1) is 0 Å². The van der Waals surface area contributed by atoms with Gasteiger partial charge in [-0.05, 0) is 36.1 Å². The number of fused-ring (bicyclic) bond motifs is 3. The molecule has 1 aliphatic rings. The maximum atomic E-state index is 6.37. The van der Waals surface area contributed by atoms with E-state index in [1.165, 1.54) is 22.3 Å². The third kappa shape index (κ3) is 1.50. The molecule has 0 heterocycles. The molecular weight excluding hydrogens is 206 g/mol. The second-order valence-corrected chi connectivity index (χ2v) is 5.43. The Hall–Kier alpha value is -1.60. The van der Waals surface area contributed by atoms with E-state index >= 15 is 0 Å². The van der Waals surface area contributed by atoms with Gasteiger partial charge in [0.25, 0.3) is 0 Å². The molecule has 0 radical (unpaired) electrons. The second kappa shape index (κ2) is 3.44. The summed E-state index contributed by atoms with van der Waals surface area (Å²) in [5.74, 6) is 0.301. The van der Waals surface area contributed by atoms with Gasteiger partial charge in [-0.1, -0.05) is 48.5 Å². The maximum Gasteiger partial charge on any atom is 0.0276 e. The largest absolute Gasteiger partial charge is 0.325 e. The lowest BCUT2D eigenvalue weighted by molar-refractivity contribution is 0.463. The molecule has 0 spiro atoms. The Bertz CT molecular complexity index is 518. The molecule has 2 aromatic carbocycles. The van der Waals surface area contributed by atoms with Crippen LogP contribution in [-0.2, 0) is 0 Å². The Morgan fingerprint density at radius 1 is 0.824 bits per heavy atom. The smallest absolute Gasteiger partial charge is 0.0276 e. The summed E-state index contributed by atoms with van der Waals surface area (Å²) < 4.78 is 0. The molecule has 3 rings (SSSR count). The van der Waals surface area contributed by atoms with Gasteiger partial charge in [-0.2, -0.15) is 0 Å². The average molecular weight is 223 g/mol. The zero-order chi connectivity index (χ0) is 12.0. The zero-order valence-corrected chi connectivity index (χ0v) is 10.3. The van der Waals surface area contributed by atoms with Gasteiger partial charge >= 0.3 is 0 Å². The Kier molecular flexibility index (Phi) is 2.14. The molecule has 1 aliphatic carbocycles. The molecule has 1 nitrogen and oxygen atoms in total. The molecule has 0 atom stereocenters. The molecular formula is C16H17N. The predicted octanol–water partition coefficient (Wildman–Crippen LogP) is 3.54. The van der Waals surface area contributed by atoms with Gasteiger partial charge in [-0.15, -0.1) is 0 Å². The maximum absolute atomic E-state index is 6.37. The Balaban J connectivity index is 2.31. The molecule has 0 unspecified atom stereocenters. The molecule has 0 fully saturated rings. The topological polar surface area (TPSA) is 26.0 Å². The summed E-state index contributed by atoms with van der Waals surface area (Å²) in [5, 5.41) is 0. The first-order valence-corrected chi connectivity index (χ1v) is 6.06. The molecule has 0 bridgehead atoms. The van der Waals surface area contributed by atoms with Crippen LogP contribution in [0.5, 0.6) is 0 Å². The van der Waals surface area contributed by atoms with Gasteiger partial charge in [0.05, 0.1) is 0 Å². The fourth-order valence-corrected chi connectivity index (χ4v) is 2.96. The van der Waals surface area contributed by atoms with Crippen LogP contribution in [0.15, 0.2) is 48.5 Å². The number of rotatable bonds is 1. The molecule has 86 valence electrons. The summed E-state index contributed by atoms with van der Waals surface area (Å²) in [6.45, 7) is 4.22. The van der Waals surface area contributed by atoms with Crippen LogP contribution in [0.2, 0.25) is 0 Å². The highest BCUT2D eigenvalue weighted by molar-refractivity contribution is 5.79. The molecule has 0 amide bonds. The van der Waals surface area contributed by atoms with Gasteiger partial charge < -0.3 is 5.73 Å². The number of hydrogen-bond donors (Lipinski definition) is 1. The van der Waals surface area contributed by atoms with E-state index in [4.69, 9.17) is 5.73 Å². The van der Waals surface area contributed by atoms with E-state index in [0.717, 1.165) is 0 Å². The van der Waals surface area contributed by atoms with Crippen molar-refractivity contribution in [1.82, 2.24) is 0 Å². The van der Waals surface area contributed by atoms with Crippen LogP contribution >= 0.6 is 0 Å². The monoisotopic (exact) mass is 223 g/mol. The lowest BCUT2D eigenvalue weighted by Gasteiger charge is -2.28. The number of benzene rings is 2. The molecule has 17 heavy (non-hydrogen) atoms. The van der Waals surface area contributed by atoms with Crippen LogP contribution in [-0.4, -0.2) is 5.54 Å². The van der Waals surface area contributed by atoms with Crippen molar-refractivity contribution in [2.45, 2.75) is 25.3 Å². The van der Waals surface area contributed by atoms with E-state index in [0.29, 0.717) is 5.92 Å². The number of nitrogens with two attached hydrogens (primary N) is 1. The molecule has 0 aromatic heterocycles. The van der Waals surface area contributed by atoms with Gasteiger partial charge in [0.15, 0.2) is 0 Å². The Morgan fingerprint density at radius 3 is 1.65 bits per heavy atom. The fraction of sp³-hybridized carbons (Fsp3) is 0.250. The van der Waals surface area contributed by atoms with Gasteiger partial charge in [-0.3, -0.25) is 0 Å². The van der Waals surface area contributed by atoms with Crippen LogP contribution in [0.1, 0.15) is 30.9 Å². The van der Waals surface area contributed by atoms with Crippen molar-refractivity contribution in [2.24, 2.45) is 5.73 Å². The second-order valence-electron chi connectivity index (χ2n) is 5.43. The van der Waals surface area contributed by atoms with E-state index in [2.05, 4.69) is 62.4 Å². The molecule has 0 saturated carbocycles. The standard InChI is InChI=1S/C16H17N/c1-16(2,17)15-13-9-5-3-7-11(13)12-8-4-6-10-14(12)15/h3-10,15H,17H2,1-2H3. The molecule has 2 aromatic rings. The average Bonchev–Trinajstić information content (AvgIpc) is 2.63. The van der Waals surface area contributed by atoms with E-state index in [1.807, 2.05) is 0 Å². The molecule has 0 aliphatic heterocycles. The molecule has 0 saturated heterocycles. The highest BCUT2D eigenvalue weighted by Gasteiger charge is 2.36. The van der Waals surface area contributed by atoms with Crippen molar-refractivity contribution in [3.8, 4) is 11.1 Å². The highest BCUT2D eigenvalue weighted by Crippen LogP contribution is 2.48. The lowest BCUT2D eigenvalue weighted by atomic mass is 9.81. The summed E-state index contributed by atoms with van der Waals surface area (Å²) in [6, 6.07) is 17.2. The van der Waals surface area contributed by atoms with Crippen LogP contribution < -0.4 is 5.73 Å². The first-order valence-electron chi connectivity index (χ1n) is 6.06. The van der Waals surface area contributed by atoms with E-state index in [9.17, 15) is 0 Å². The summed E-state index contributed by atoms with van der Waals surface area (Å²) in [5.41, 5.74) is 11.5. The zero-order valence-electron chi connectivity index (χ0n) is 10.3. The predicted molar refractivity (Wildman–Crippen MR) is 72.0 cm³/mol. The first-order chi connectivity index (χ1) is 8.09. The lowest BCUT2D eigenvalue weighted by Crippen LogP contribution is -2.38. The third-order valence-electron chi connectivity index (χ3n) is 3.58. The Labute approximate surface area is 102 Å². The quantitative estimate of drug-likeness (QED) is 0.786. The van der Waals surface area contributed by atoms with Crippen LogP contribution in [0.25, 0.3) is 11.1 Å². The van der Waals surface area contributed by atoms with E-state index in [-0.39, 0.29) is 5.54 Å². The Morgan fingerprint density at radius 2 is 1.24 bits per heavy atom. The SMILES string of the molecule is CC(C)(N)C1c2ccccc2-c2ccccc21. The minimum Gasteiger partial charge on any atom is -0.325 e. The summed E-state index contributed by atoms with van der Waals surface area (Å²) in [4.78, 5) is 0. The first kappa shape index (κ1) is 10.5. The van der Waals surface area contributed by atoms with Gasteiger partial charge in [0.2, 0.25) is 0 Å². The van der Waals surface area contributed by atoms with Crippen molar-refractivity contribution in [3.63, 3.8) is 0 Å². The van der Waals surface area contributed by atoms with Crippen molar-refractivity contribution in [2.75, 3.05) is 0 Å². The summed E-state index contributed by atoms with van der Waals surface area (Å²) >= 11 is 0. The highest BCUT2D eigenvalue weighted by atomic mass is 14.7. The van der Waals surface area contributed by atoms with Crippen LogP contribution in [0.3, 0.4) is 0 Å². The van der Waals surface area contributed by atoms with E-state index < -0.39 is 0 Å². The van der Waals surface area contributed by atoms with Crippen molar-refractivity contribution in [3.05, 3.63) is 59.7 Å². The minimum absolute atomic E-state index is 0.233. The summed E-state index contributed by atoms with van der Waals surface area (Å²) in [6.07, 6.45) is 0. The van der Waals surface area contributed by atoms with Crippen molar-refractivity contribution in [1.29, 1.82) is 0 Å². The molecule has 2 N–H and O–H groups in total. The number of hydrogen-bond acceptors (Lipinski definition) is 1. The van der Waals surface area contributed by atoms with Crippen LogP contribution in [0.4, 0.5) is 0 Å². The fourth-order valence-electron chi connectivity index (χ4n) is 2.96. The van der Waals surface area contributed by atoms with Crippen molar-refractivity contribution < 1.29 is 0 Å². The summed E-state index contributed by atoms with van der Waals surface area (Å²) in [7, 11) is 0. The van der Waals surface area contributed by atoms with Crippen molar-refractivity contribution >= 4 is 0 Å². The minimum atomic E-state index is -0.233. The third-order valence-corrected chi connectivity index (χ3v) is 3.58. The normalized spacial score (nSPS) is 14.5. The van der Waals surface area contributed by atoms with E-state index in [1.54, 1.807) is 0 Å². The van der Waals surface area contributed by atoms with Gasteiger partial charge in [-0.25, -0.2) is 0 Å².